The first kappa shape index (κ1) is 13.7. The van der Waals surface area contributed by atoms with Crippen molar-refractivity contribution in [2.45, 2.75) is 26.1 Å². The van der Waals surface area contributed by atoms with Crippen molar-refractivity contribution in [3.63, 3.8) is 0 Å². The molecule has 104 valence electrons. The molecule has 0 amide bonds. The normalized spacial score (nSPS) is 24.9. The van der Waals surface area contributed by atoms with Gasteiger partial charge in [-0.25, -0.2) is 0 Å². The monoisotopic (exact) mass is 274 g/mol. The van der Waals surface area contributed by atoms with Crippen molar-refractivity contribution in [2.24, 2.45) is 11.3 Å². The molecule has 1 fully saturated rings. The van der Waals surface area contributed by atoms with Crippen LogP contribution in [0.1, 0.15) is 19.4 Å². The van der Waals surface area contributed by atoms with Crippen molar-refractivity contribution in [1.82, 2.24) is 0 Å². The van der Waals surface area contributed by atoms with Crippen LogP contribution in [0.4, 0.5) is 13.2 Å². The van der Waals surface area contributed by atoms with Crippen molar-refractivity contribution in [3.8, 4) is 5.75 Å². The lowest BCUT2D eigenvalue weighted by molar-refractivity contribution is -0.139. The average molecular weight is 274 g/mol. The number of carbonyl (C=O) groups is 1. The second-order valence-electron chi connectivity index (χ2n) is 5.17. The molecule has 1 aliphatic rings. The maximum Gasteiger partial charge on any atom is 0.419 e. The Morgan fingerprint density at radius 3 is 2.37 bits per heavy atom. The minimum atomic E-state index is -4.52. The summed E-state index contributed by atoms with van der Waals surface area (Å²) in [6.45, 7) is 3.32. The maximum absolute atomic E-state index is 12.8. The Morgan fingerprint density at radius 2 is 1.89 bits per heavy atom. The van der Waals surface area contributed by atoms with Gasteiger partial charge in [0, 0.05) is 5.41 Å². The molecular formula is C13H13F3O3. The molecule has 1 aromatic rings. The Hall–Kier alpha value is -1.72. The highest BCUT2D eigenvalue weighted by Crippen LogP contribution is 2.54. The topological polar surface area (TPSA) is 46.5 Å². The number of alkyl halides is 3. The van der Waals surface area contributed by atoms with E-state index in [1.807, 2.05) is 0 Å². The van der Waals surface area contributed by atoms with Gasteiger partial charge < -0.3 is 9.84 Å². The molecule has 0 spiro atoms. The van der Waals surface area contributed by atoms with Crippen LogP contribution in [0.15, 0.2) is 24.3 Å². The molecule has 0 heterocycles. The van der Waals surface area contributed by atoms with Crippen LogP contribution in [0, 0.1) is 11.3 Å². The molecule has 3 nitrogen and oxygen atoms in total. The van der Waals surface area contributed by atoms with E-state index in [2.05, 4.69) is 0 Å². The van der Waals surface area contributed by atoms with E-state index < -0.39 is 35.1 Å². The predicted molar refractivity (Wildman–Crippen MR) is 60.8 cm³/mol. The van der Waals surface area contributed by atoms with Gasteiger partial charge in [0.2, 0.25) is 0 Å². The number of hydrogen-bond acceptors (Lipinski definition) is 2. The average Bonchev–Trinajstić information content (AvgIpc) is 2.79. The minimum Gasteiger partial charge on any atom is -0.488 e. The van der Waals surface area contributed by atoms with Crippen molar-refractivity contribution >= 4 is 5.97 Å². The molecule has 1 saturated carbocycles. The van der Waals surface area contributed by atoms with Gasteiger partial charge in [0.1, 0.15) is 17.8 Å². The fourth-order valence-corrected chi connectivity index (χ4v) is 2.20. The summed E-state index contributed by atoms with van der Waals surface area (Å²) in [4.78, 5) is 11.0. The van der Waals surface area contributed by atoms with E-state index in [1.54, 1.807) is 13.8 Å². The summed E-state index contributed by atoms with van der Waals surface area (Å²) in [5.74, 6) is -2.16. The largest absolute Gasteiger partial charge is 0.488 e. The highest BCUT2D eigenvalue weighted by molar-refractivity contribution is 5.76. The van der Waals surface area contributed by atoms with Gasteiger partial charge in [0.25, 0.3) is 0 Å². The second kappa shape index (κ2) is 4.15. The number of carboxylic acids is 1. The van der Waals surface area contributed by atoms with Crippen LogP contribution < -0.4 is 4.74 Å². The summed E-state index contributed by atoms with van der Waals surface area (Å²) in [6.07, 6.45) is -5.26. The number of halogens is 3. The van der Waals surface area contributed by atoms with Crippen molar-refractivity contribution < 1.29 is 27.8 Å². The number of carboxylic acid groups (broad SMARTS) is 1. The molecule has 2 rings (SSSR count). The Labute approximate surface area is 108 Å². The minimum absolute atomic E-state index is 0.322. The van der Waals surface area contributed by atoms with E-state index in [4.69, 9.17) is 9.84 Å². The third kappa shape index (κ3) is 2.39. The summed E-state index contributed by atoms with van der Waals surface area (Å²) in [5, 5.41) is 8.96. The van der Waals surface area contributed by atoms with Gasteiger partial charge in [-0.05, 0) is 12.1 Å². The maximum atomic E-state index is 12.8. The molecule has 0 bridgehead atoms. The molecule has 2 unspecified atom stereocenters. The van der Waals surface area contributed by atoms with Crippen molar-refractivity contribution in [2.75, 3.05) is 0 Å². The van der Waals surface area contributed by atoms with Gasteiger partial charge in [0.05, 0.1) is 5.56 Å². The fourth-order valence-electron chi connectivity index (χ4n) is 2.20. The Kier molecular flexibility index (Phi) is 2.99. The molecule has 0 radical (unpaired) electrons. The zero-order chi connectivity index (χ0) is 14.4. The van der Waals surface area contributed by atoms with Gasteiger partial charge in [-0.1, -0.05) is 26.0 Å². The van der Waals surface area contributed by atoms with Crippen LogP contribution >= 0.6 is 0 Å². The van der Waals surface area contributed by atoms with Crippen molar-refractivity contribution in [3.05, 3.63) is 29.8 Å². The summed E-state index contributed by atoms with van der Waals surface area (Å²) in [5.41, 5.74) is -1.55. The SMILES string of the molecule is CC1(C)C(Oc2ccccc2C(F)(F)F)C1C(=O)O. The van der Waals surface area contributed by atoms with Gasteiger partial charge in [-0.3, -0.25) is 4.79 Å². The number of hydrogen-bond donors (Lipinski definition) is 1. The van der Waals surface area contributed by atoms with E-state index >= 15 is 0 Å². The lowest BCUT2D eigenvalue weighted by Gasteiger charge is -2.14. The number of aliphatic carboxylic acids is 1. The van der Waals surface area contributed by atoms with E-state index in [-0.39, 0.29) is 5.75 Å². The zero-order valence-corrected chi connectivity index (χ0v) is 10.4. The number of ether oxygens (including phenoxy) is 1. The molecule has 2 atom stereocenters. The Bertz CT molecular complexity index is 508. The molecule has 0 aliphatic heterocycles. The number of rotatable bonds is 3. The molecule has 1 aliphatic carbocycles. The Morgan fingerprint density at radius 1 is 1.32 bits per heavy atom. The summed E-state index contributed by atoms with van der Waals surface area (Å²) < 4.78 is 43.6. The van der Waals surface area contributed by atoms with Gasteiger partial charge >= 0.3 is 12.1 Å². The van der Waals surface area contributed by atoms with E-state index in [0.717, 1.165) is 6.07 Å². The Balaban J connectivity index is 2.25. The lowest BCUT2D eigenvalue weighted by atomic mass is 10.1. The molecule has 6 heteroatoms. The smallest absolute Gasteiger partial charge is 0.419 e. The first-order valence-corrected chi connectivity index (χ1v) is 5.71. The first-order chi connectivity index (χ1) is 8.65. The van der Waals surface area contributed by atoms with Crippen LogP contribution in [-0.2, 0) is 11.0 Å². The summed E-state index contributed by atoms with van der Waals surface area (Å²) in [7, 11) is 0. The van der Waals surface area contributed by atoms with E-state index in [9.17, 15) is 18.0 Å². The van der Waals surface area contributed by atoms with Crippen LogP contribution in [-0.4, -0.2) is 17.2 Å². The van der Waals surface area contributed by atoms with Gasteiger partial charge in [-0.15, -0.1) is 0 Å². The summed E-state index contributed by atoms with van der Waals surface area (Å²) in [6, 6.07) is 4.81. The second-order valence-corrected chi connectivity index (χ2v) is 5.17. The number of para-hydroxylation sites is 1. The fraction of sp³-hybridized carbons (Fsp3) is 0.462. The molecular weight excluding hydrogens is 261 g/mol. The standard InChI is InChI=1S/C13H13F3O3/c1-12(2)9(11(17)18)10(12)19-8-6-4-3-5-7(8)13(14,15)16/h3-6,9-10H,1-2H3,(H,17,18). The van der Waals surface area contributed by atoms with Gasteiger partial charge in [-0.2, -0.15) is 13.2 Å². The molecule has 0 saturated heterocycles. The molecule has 0 aromatic heterocycles. The first-order valence-electron chi connectivity index (χ1n) is 5.71. The third-order valence-corrected chi connectivity index (χ3v) is 3.44. The van der Waals surface area contributed by atoms with Crippen LogP contribution in [0.25, 0.3) is 0 Å². The van der Waals surface area contributed by atoms with Crippen LogP contribution in [0.2, 0.25) is 0 Å². The van der Waals surface area contributed by atoms with E-state index in [0.29, 0.717) is 0 Å². The number of benzene rings is 1. The summed E-state index contributed by atoms with van der Waals surface area (Å²) >= 11 is 0. The molecule has 1 N–H and O–H groups in total. The zero-order valence-electron chi connectivity index (χ0n) is 10.4. The van der Waals surface area contributed by atoms with Crippen LogP contribution in [0.5, 0.6) is 5.75 Å². The highest BCUT2D eigenvalue weighted by atomic mass is 19.4. The predicted octanol–water partition coefficient (Wildman–Crippen LogP) is 3.19. The van der Waals surface area contributed by atoms with E-state index in [1.165, 1.54) is 18.2 Å². The molecule has 1 aromatic carbocycles. The lowest BCUT2D eigenvalue weighted by Crippen LogP contribution is -2.13. The highest BCUT2D eigenvalue weighted by Gasteiger charge is 2.65. The third-order valence-electron chi connectivity index (χ3n) is 3.44. The molecule has 19 heavy (non-hydrogen) atoms. The van der Waals surface area contributed by atoms with Crippen LogP contribution in [0.3, 0.4) is 0 Å². The quantitative estimate of drug-likeness (QED) is 0.920. The van der Waals surface area contributed by atoms with Crippen molar-refractivity contribution in [1.29, 1.82) is 0 Å². The van der Waals surface area contributed by atoms with Gasteiger partial charge in [0.15, 0.2) is 0 Å².